The number of pyridine rings is 1. The Hall–Kier alpha value is -1.42. The molecule has 0 spiro atoms. The second-order valence-corrected chi connectivity index (χ2v) is 5.26. The Morgan fingerprint density at radius 3 is 3.05 bits per heavy atom. The molecular weight excluding hydrogens is 238 g/mol. The third kappa shape index (κ3) is 3.53. The summed E-state index contributed by atoms with van der Waals surface area (Å²) in [6, 6.07) is 4.05. The van der Waals surface area contributed by atoms with Crippen molar-refractivity contribution < 1.29 is 4.79 Å². The van der Waals surface area contributed by atoms with Crippen molar-refractivity contribution >= 4 is 5.91 Å². The van der Waals surface area contributed by atoms with Gasteiger partial charge >= 0.3 is 0 Å². The number of aromatic nitrogens is 1. The molecule has 0 aliphatic carbocycles. The van der Waals surface area contributed by atoms with Gasteiger partial charge in [0.05, 0.1) is 5.54 Å². The van der Waals surface area contributed by atoms with Crippen LogP contribution in [0.2, 0.25) is 0 Å². The van der Waals surface area contributed by atoms with Crippen LogP contribution in [0.3, 0.4) is 0 Å². The largest absolute Gasteiger partial charge is 0.358 e. The summed E-state index contributed by atoms with van der Waals surface area (Å²) >= 11 is 0. The lowest BCUT2D eigenvalue weighted by molar-refractivity contribution is -0.128. The van der Waals surface area contributed by atoms with Crippen molar-refractivity contribution in [1.82, 2.24) is 15.6 Å². The smallest absolute Gasteiger partial charge is 0.240 e. The standard InChI is InChI=1S/C15H23N3O/c1-16-14(19)15(8-2-3-11-18-15)9-4-6-13-7-5-10-17-12-13/h5,7,10,12,18H,2-4,6,8-9,11H2,1H3,(H,16,19)/t15-/m0/s1. The second-order valence-electron chi connectivity index (χ2n) is 5.26. The maximum absolute atomic E-state index is 12.1. The summed E-state index contributed by atoms with van der Waals surface area (Å²) in [6.45, 7) is 0.945. The van der Waals surface area contributed by atoms with Crippen LogP contribution >= 0.6 is 0 Å². The number of carbonyl (C=O) groups is 1. The predicted octanol–water partition coefficient (Wildman–Crippen LogP) is 1.66. The van der Waals surface area contributed by atoms with Crippen LogP contribution in [0.5, 0.6) is 0 Å². The fourth-order valence-corrected chi connectivity index (χ4v) is 2.87. The van der Waals surface area contributed by atoms with Gasteiger partial charge in [-0.15, -0.1) is 0 Å². The molecule has 104 valence electrons. The summed E-state index contributed by atoms with van der Waals surface area (Å²) < 4.78 is 0. The normalized spacial score (nSPS) is 23.0. The Kier molecular flexibility index (Phi) is 4.91. The predicted molar refractivity (Wildman–Crippen MR) is 75.8 cm³/mol. The molecule has 1 aromatic rings. The van der Waals surface area contributed by atoms with Crippen molar-refractivity contribution in [3.63, 3.8) is 0 Å². The highest BCUT2D eigenvalue weighted by Gasteiger charge is 2.37. The maximum atomic E-state index is 12.1. The van der Waals surface area contributed by atoms with Crippen molar-refractivity contribution in [3.8, 4) is 0 Å². The summed E-state index contributed by atoms with van der Waals surface area (Å²) in [4.78, 5) is 16.3. The number of hydrogen-bond acceptors (Lipinski definition) is 3. The number of carbonyl (C=O) groups excluding carboxylic acids is 1. The fourth-order valence-electron chi connectivity index (χ4n) is 2.87. The molecule has 1 saturated heterocycles. The molecule has 1 aliphatic rings. The monoisotopic (exact) mass is 261 g/mol. The third-order valence-corrected chi connectivity index (χ3v) is 3.95. The Labute approximate surface area is 115 Å². The van der Waals surface area contributed by atoms with Gasteiger partial charge < -0.3 is 10.6 Å². The quantitative estimate of drug-likeness (QED) is 0.847. The molecule has 1 atom stereocenters. The molecule has 2 heterocycles. The van der Waals surface area contributed by atoms with Crippen LogP contribution in [0, 0.1) is 0 Å². The van der Waals surface area contributed by atoms with Crippen LogP contribution in [0.25, 0.3) is 0 Å². The van der Waals surface area contributed by atoms with Gasteiger partial charge in [-0.05, 0) is 56.7 Å². The number of amides is 1. The maximum Gasteiger partial charge on any atom is 0.240 e. The van der Waals surface area contributed by atoms with E-state index in [4.69, 9.17) is 0 Å². The Morgan fingerprint density at radius 2 is 2.42 bits per heavy atom. The van der Waals surface area contributed by atoms with E-state index in [-0.39, 0.29) is 11.4 Å². The van der Waals surface area contributed by atoms with Crippen molar-refractivity contribution in [1.29, 1.82) is 0 Å². The average Bonchev–Trinajstić information content (AvgIpc) is 2.48. The van der Waals surface area contributed by atoms with E-state index in [9.17, 15) is 4.79 Å². The van der Waals surface area contributed by atoms with Crippen LogP contribution in [0.1, 0.15) is 37.7 Å². The zero-order valence-corrected chi connectivity index (χ0v) is 11.6. The van der Waals surface area contributed by atoms with Crippen LogP contribution in [-0.2, 0) is 11.2 Å². The Balaban J connectivity index is 1.91. The first-order chi connectivity index (χ1) is 9.27. The highest BCUT2D eigenvalue weighted by molar-refractivity contribution is 5.86. The molecule has 2 rings (SSSR count). The molecular formula is C15H23N3O. The molecule has 2 N–H and O–H groups in total. The molecule has 4 nitrogen and oxygen atoms in total. The van der Waals surface area contributed by atoms with E-state index < -0.39 is 0 Å². The van der Waals surface area contributed by atoms with Gasteiger partial charge in [0.25, 0.3) is 0 Å². The lowest BCUT2D eigenvalue weighted by atomic mass is 9.83. The van der Waals surface area contributed by atoms with Crippen molar-refractivity contribution in [3.05, 3.63) is 30.1 Å². The summed E-state index contributed by atoms with van der Waals surface area (Å²) in [5.41, 5.74) is 0.889. The second kappa shape index (κ2) is 6.66. The molecule has 0 saturated carbocycles. The summed E-state index contributed by atoms with van der Waals surface area (Å²) in [6.07, 6.45) is 9.81. The fraction of sp³-hybridized carbons (Fsp3) is 0.600. The van der Waals surface area contributed by atoms with Crippen LogP contribution < -0.4 is 10.6 Å². The summed E-state index contributed by atoms with van der Waals surface area (Å²) in [5.74, 6) is 0.137. The summed E-state index contributed by atoms with van der Waals surface area (Å²) in [7, 11) is 1.72. The minimum Gasteiger partial charge on any atom is -0.358 e. The SMILES string of the molecule is CNC(=O)[C@@]1(CCCc2cccnc2)CCCCN1. The van der Waals surface area contributed by atoms with Gasteiger partial charge in [0, 0.05) is 19.4 Å². The Morgan fingerprint density at radius 1 is 1.53 bits per heavy atom. The van der Waals surface area contributed by atoms with Gasteiger partial charge in [-0.25, -0.2) is 0 Å². The number of piperidine rings is 1. The van der Waals surface area contributed by atoms with Gasteiger partial charge in [0.15, 0.2) is 0 Å². The van der Waals surface area contributed by atoms with Crippen LogP contribution in [-0.4, -0.2) is 30.0 Å². The van der Waals surface area contributed by atoms with Gasteiger partial charge in [0.2, 0.25) is 5.91 Å². The topological polar surface area (TPSA) is 54.0 Å². The number of rotatable bonds is 5. The molecule has 1 aliphatic heterocycles. The lowest BCUT2D eigenvalue weighted by Gasteiger charge is -2.36. The number of nitrogens with zero attached hydrogens (tertiary/aromatic N) is 1. The molecule has 0 unspecified atom stereocenters. The van der Waals surface area contributed by atoms with Crippen LogP contribution in [0.4, 0.5) is 0 Å². The third-order valence-electron chi connectivity index (χ3n) is 3.95. The first kappa shape index (κ1) is 14.0. The molecule has 4 heteroatoms. The number of aryl methyl sites for hydroxylation is 1. The lowest BCUT2D eigenvalue weighted by Crippen LogP contribution is -2.58. The van der Waals surface area contributed by atoms with E-state index in [0.717, 1.165) is 38.6 Å². The minimum absolute atomic E-state index is 0.137. The van der Waals surface area contributed by atoms with Crippen molar-refractivity contribution in [2.24, 2.45) is 0 Å². The van der Waals surface area contributed by atoms with Crippen molar-refractivity contribution in [2.75, 3.05) is 13.6 Å². The molecule has 1 amide bonds. The zero-order valence-electron chi connectivity index (χ0n) is 11.6. The van der Waals surface area contributed by atoms with Crippen LogP contribution in [0.15, 0.2) is 24.5 Å². The molecule has 19 heavy (non-hydrogen) atoms. The average molecular weight is 261 g/mol. The molecule has 1 aromatic heterocycles. The van der Waals surface area contributed by atoms with E-state index in [2.05, 4.69) is 21.7 Å². The van der Waals surface area contributed by atoms with Gasteiger partial charge in [-0.3, -0.25) is 9.78 Å². The summed E-state index contributed by atoms with van der Waals surface area (Å²) in [5, 5.41) is 6.25. The first-order valence-electron chi connectivity index (χ1n) is 7.13. The van der Waals surface area contributed by atoms with E-state index in [1.54, 1.807) is 13.2 Å². The number of likely N-dealkylation sites (N-methyl/N-ethyl adjacent to an activating group) is 1. The molecule has 0 radical (unpaired) electrons. The Bertz CT molecular complexity index is 399. The zero-order chi connectivity index (χ0) is 13.6. The first-order valence-corrected chi connectivity index (χ1v) is 7.13. The van der Waals surface area contributed by atoms with Gasteiger partial charge in [-0.1, -0.05) is 6.07 Å². The highest BCUT2D eigenvalue weighted by atomic mass is 16.2. The van der Waals surface area contributed by atoms with E-state index in [1.165, 1.54) is 12.0 Å². The number of nitrogens with one attached hydrogen (secondary N) is 2. The minimum atomic E-state index is -0.352. The highest BCUT2D eigenvalue weighted by Crippen LogP contribution is 2.25. The molecule has 1 fully saturated rings. The van der Waals surface area contributed by atoms with Crippen molar-refractivity contribution in [2.45, 2.75) is 44.1 Å². The van der Waals surface area contributed by atoms with E-state index in [1.807, 2.05) is 12.3 Å². The molecule has 0 bridgehead atoms. The molecule has 0 aromatic carbocycles. The van der Waals surface area contributed by atoms with Gasteiger partial charge in [-0.2, -0.15) is 0 Å². The van der Waals surface area contributed by atoms with Gasteiger partial charge in [0.1, 0.15) is 0 Å². The number of hydrogen-bond donors (Lipinski definition) is 2. The van der Waals surface area contributed by atoms with E-state index >= 15 is 0 Å². The van der Waals surface area contributed by atoms with E-state index in [0.29, 0.717) is 0 Å².